The van der Waals surface area contributed by atoms with Gasteiger partial charge in [0, 0.05) is 6.54 Å². The molecule has 0 bridgehead atoms. The summed E-state index contributed by atoms with van der Waals surface area (Å²) in [6, 6.07) is 0. The van der Waals surface area contributed by atoms with E-state index in [0.29, 0.717) is 10.9 Å². The fourth-order valence-corrected chi connectivity index (χ4v) is 2.69. The minimum atomic E-state index is -1.06. The third-order valence-corrected chi connectivity index (χ3v) is 3.54. The number of ketones is 1. The number of ether oxygens (including phenoxy) is 1. The van der Waals surface area contributed by atoms with E-state index in [1.165, 1.54) is 4.90 Å². The molecule has 1 heterocycles. The van der Waals surface area contributed by atoms with Crippen molar-refractivity contribution in [3.8, 4) is 0 Å². The Kier molecular flexibility index (Phi) is 4.43. The summed E-state index contributed by atoms with van der Waals surface area (Å²) in [5.41, 5.74) is 0. The van der Waals surface area contributed by atoms with Gasteiger partial charge in [-0.2, -0.15) is 0 Å². The van der Waals surface area contributed by atoms with Gasteiger partial charge in [0.05, 0.1) is 6.61 Å². The molecule has 0 N–H and O–H groups in total. The first-order valence-electron chi connectivity index (χ1n) is 4.75. The van der Waals surface area contributed by atoms with E-state index in [0.717, 1.165) is 11.8 Å². The first kappa shape index (κ1) is 13.1. The molecule has 0 aromatic heterocycles. The van der Waals surface area contributed by atoms with Crippen LogP contribution in [-0.2, 0) is 19.1 Å². The van der Waals surface area contributed by atoms with E-state index in [1.807, 2.05) is 0 Å². The Morgan fingerprint density at radius 3 is 2.56 bits per heavy atom. The van der Waals surface area contributed by atoms with Crippen LogP contribution in [0.2, 0.25) is 0 Å². The fourth-order valence-electron chi connectivity index (χ4n) is 1.21. The van der Waals surface area contributed by atoms with Gasteiger partial charge in [-0.25, -0.2) is 4.79 Å². The highest BCUT2D eigenvalue weighted by Crippen LogP contribution is 2.27. The lowest BCUT2D eigenvalue weighted by atomic mass is 10.2. The van der Waals surface area contributed by atoms with Gasteiger partial charge >= 0.3 is 5.97 Å². The van der Waals surface area contributed by atoms with Crippen molar-refractivity contribution < 1.29 is 19.1 Å². The quantitative estimate of drug-likeness (QED) is 0.315. The molecule has 0 radical (unpaired) electrons. The number of carbonyl (C=O) groups is 3. The van der Waals surface area contributed by atoms with Crippen LogP contribution in [0.25, 0.3) is 0 Å². The Labute approximate surface area is 102 Å². The lowest BCUT2D eigenvalue weighted by Gasteiger charge is -2.11. The number of thiocarbonyl (C=S) groups is 1. The van der Waals surface area contributed by atoms with Gasteiger partial charge in [0.1, 0.15) is 4.32 Å². The molecule has 5 nitrogen and oxygen atoms in total. The van der Waals surface area contributed by atoms with Crippen molar-refractivity contribution in [3.63, 3.8) is 0 Å². The van der Waals surface area contributed by atoms with Crippen molar-refractivity contribution in [1.82, 2.24) is 4.90 Å². The minimum Gasteiger partial charge on any atom is -0.460 e. The average molecular weight is 261 g/mol. The first-order chi connectivity index (χ1) is 7.52. The standard InChI is InChI=1S/C9H11NO4S2/c1-3-10-7(12)6(16-9(10)15)5(11)8(13)14-4-2/h6H,3-4H2,1-2H3. The zero-order chi connectivity index (χ0) is 12.3. The molecular formula is C9H11NO4S2. The van der Waals surface area contributed by atoms with E-state index in [4.69, 9.17) is 12.2 Å². The molecule has 1 fully saturated rings. The van der Waals surface area contributed by atoms with Crippen molar-refractivity contribution >= 4 is 46.0 Å². The maximum atomic E-state index is 11.7. The smallest absolute Gasteiger partial charge is 0.376 e. The molecule has 0 spiro atoms. The van der Waals surface area contributed by atoms with Gasteiger partial charge in [0.15, 0.2) is 5.25 Å². The second-order valence-electron chi connectivity index (χ2n) is 2.93. The van der Waals surface area contributed by atoms with Gasteiger partial charge in [0.2, 0.25) is 5.91 Å². The summed E-state index contributed by atoms with van der Waals surface area (Å²) in [6.07, 6.45) is 0. The zero-order valence-electron chi connectivity index (χ0n) is 8.89. The molecule has 0 aliphatic carbocycles. The molecule has 7 heteroatoms. The summed E-state index contributed by atoms with van der Waals surface area (Å²) in [5, 5.41) is -1.06. The number of esters is 1. The zero-order valence-corrected chi connectivity index (χ0v) is 10.5. The van der Waals surface area contributed by atoms with E-state index in [1.54, 1.807) is 13.8 Å². The molecule has 1 atom stereocenters. The van der Waals surface area contributed by atoms with Crippen molar-refractivity contribution in [2.24, 2.45) is 0 Å². The van der Waals surface area contributed by atoms with Crippen LogP contribution in [0.5, 0.6) is 0 Å². The first-order valence-corrected chi connectivity index (χ1v) is 6.04. The number of thioether (sulfide) groups is 1. The van der Waals surface area contributed by atoms with Gasteiger partial charge in [-0.05, 0) is 13.8 Å². The SMILES string of the molecule is CCOC(=O)C(=O)C1SC(=S)N(CC)C1=O. The van der Waals surface area contributed by atoms with E-state index in [9.17, 15) is 14.4 Å². The predicted octanol–water partition coefficient (Wildman–Crippen LogP) is 0.367. The number of carbonyl (C=O) groups excluding carboxylic acids is 3. The second kappa shape index (κ2) is 5.40. The summed E-state index contributed by atoms with van der Waals surface area (Å²) in [6.45, 7) is 3.86. The van der Waals surface area contributed by atoms with Crippen LogP contribution in [0.15, 0.2) is 0 Å². The maximum absolute atomic E-state index is 11.7. The molecule has 1 unspecified atom stereocenters. The second-order valence-corrected chi connectivity index (χ2v) is 4.67. The Balaban J connectivity index is 2.76. The van der Waals surface area contributed by atoms with Gasteiger partial charge < -0.3 is 4.74 Å². The van der Waals surface area contributed by atoms with Gasteiger partial charge in [-0.1, -0.05) is 24.0 Å². The average Bonchev–Trinajstić information content (AvgIpc) is 2.53. The summed E-state index contributed by atoms with van der Waals surface area (Å²) in [4.78, 5) is 35.7. The third-order valence-electron chi connectivity index (χ3n) is 1.96. The lowest BCUT2D eigenvalue weighted by molar-refractivity contribution is -0.154. The van der Waals surface area contributed by atoms with E-state index in [-0.39, 0.29) is 6.61 Å². The molecule has 0 aromatic rings. The number of hydrogen-bond acceptors (Lipinski definition) is 6. The topological polar surface area (TPSA) is 63.7 Å². The van der Waals surface area contributed by atoms with Crippen LogP contribution in [0.1, 0.15) is 13.8 Å². The van der Waals surface area contributed by atoms with Crippen molar-refractivity contribution in [1.29, 1.82) is 0 Å². The molecule has 1 aliphatic rings. The molecule has 16 heavy (non-hydrogen) atoms. The molecule has 1 aliphatic heterocycles. The van der Waals surface area contributed by atoms with Crippen LogP contribution >= 0.6 is 24.0 Å². The fraction of sp³-hybridized carbons (Fsp3) is 0.556. The summed E-state index contributed by atoms with van der Waals surface area (Å²) >= 11 is 5.85. The third kappa shape index (κ3) is 2.41. The molecule has 1 saturated heterocycles. The predicted molar refractivity (Wildman–Crippen MR) is 63.0 cm³/mol. The molecule has 0 aromatic carbocycles. The van der Waals surface area contributed by atoms with Crippen molar-refractivity contribution in [2.45, 2.75) is 19.1 Å². The highest BCUT2D eigenvalue weighted by Gasteiger charge is 2.43. The van der Waals surface area contributed by atoms with Gasteiger partial charge in [-0.15, -0.1) is 0 Å². The number of nitrogens with zero attached hydrogens (tertiary/aromatic N) is 1. The monoisotopic (exact) mass is 261 g/mol. The summed E-state index contributed by atoms with van der Waals surface area (Å²) < 4.78 is 4.88. The van der Waals surface area contributed by atoms with Crippen molar-refractivity contribution in [3.05, 3.63) is 0 Å². The minimum absolute atomic E-state index is 0.109. The normalized spacial score (nSPS) is 20.1. The van der Waals surface area contributed by atoms with Crippen LogP contribution in [-0.4, -0.2) is 45.3 Å². The lowest BCUT2D eigenvalue weighted by Crippen LogP contribution is -2.37. The highest BCUT2D eigenvalue weighted by molar-refractivity contribution is 8.24. The van der Waals surface area contributed by atoms with E-state index >= 15 is 0 Å². The molecule has 1 rings (SSSR count). The molecule has 0 saturated carbocycles. The Bertz CT molecular complexity index is 355. The van der Waals surface area contributed by atoms with Crippen LogP contribution in [0, 0.1) is 0 Å². The van der Waals surface area contributed by atoms with E-state index < -0.39 is 22.9 Å². The number of Topliss-reactive ketones (excluding diaryl/α,β-unsaturated/α-hetero) is 1. The number of hydrogen-bond donors (Lipinski definition) is 0. The molecular weight excluding hydrogens is 250 g/mol. The molecule has 88 valence electrons. The molecule has 1 amide bonds. The van der Waals surface area contributed by atoms with Gasteiger partial charge in [-0.3, -0.25) is 14.5 Å². The van der Waals surface area contributed by atoms with Crippen LogP contribution in [0.4, 0.5) is 0 Å². The Morgan fingerprint density at radius 1 is 1.50 bits per heavy atom. The Hall–Kier alpha value is -0.950. The van der Waals surface area contributed by atoms with Crippen LogP contribution < -0.4 is 0 Å². The number of rotatable bonds is 4. The number of amides is 1. The summed E-state index contributed by atoms with van der Waals surface area (Å²) in [5.74, 6) is -2.25. The van der Waals surface area contributed by atoms with Crippen molar-refractivity contribution in [2.75, 3.05) is 13.2 Å². The van der Waals surface area contributed by atoms with Gasteiger partial charge in [0.25, 0.3) is 5.78 Å². The van der Waals surface area contributed by atoms with Crippen LogP contribution in [0.3, 0.4) is 0 Å². The Morgan fingerprint density at radius 2 is 2.12 bits per heavy atom. The maximum Gasteiger partial charge on any atom is 0.376 e. The summed E-state index contributed by atoms with van der Waals surface area (Å²) in [7, 11) is 0. The highest BCUT2D eigenvalue weighted by atomic mass is 32.2. The largest absolute Gasteiger partial charge is 0.460 e. The van der Waals surface area contributed by atoms with E-state index in [2.05, 4.69) is 4.74 Å².